The third-order valence-corrected chi connectivity index (χ3v) is 4.94. The average molecular weight is 372 g/mol. The normalized spacial score (nSPS) is 15.0. The van der Waals surface area contributed by atoms with E-state index in [1.54, 1.807) is 17.2 Å². The number of unbranched alkanes of at least 4 members (excludes halogenated alkanes) is 1. The zero-order valence-electron chi connectivity index (χ0n) is 15.5. The quantitative estimate of drug-likeness (QED) is 0.846. The standard InChI is InChI=1S/C20H25FN4O2/c1-2-3-12-25-18(8-11-22-25)23-19(26)15-9-13-24(14-10-15)20(27)16-4-6-17(21)7-5-16/h4-8,11,15H,2-3,9-10,12-14H2,1H3,(H,23,26). The molecule has 1 N–H and O–H groups in total. The number of rotatable bonds is 6. The van der Waals surface area contributed by atoms with Crippen LogP contribution in [0.4, 0.5) is 10.2 Å². The van der Waals surface area contributed by atoms with Gasteiger partial charge in [-0.25, -0.2) is 9.07 Å². The molecule has 144 valence electrons. The van der Waals surface area contributed by atoms with Crippen molar-refractivity contribution >= 4 is 17.6 Å². The Morgan fingerprint density at radius 3 is 2.56 bits per heavy atom. The topological polar surface area (TPSA) is 67.2 Å². The van der Waals surface area contributed by atoms with Crippen LogP contribution in [-0.4, -0.2) is 39.6 Å². The van der Waals surface area contributed by atoms with Crippen LogP contribution in [0.2, 0.25) is 0 Å². The number of likely N-dealkylation sites (tertiary alicyclic amines) is 1. The molecule has 6 nitrogen and oxygen atoms in total. The lowest BCUT2D eigenvalue weighted by molar-refractivity contribution is -0.121. The lowest BCUT2D eigenvalue weighted by Crippen LogP contribution is -2.41. The summed E-state index contributed by atoms with van der Waals surface area (Å²) in [6, 6.07) is 7.37. The lowest BCUT2D eigenvalue weighted by Gasteiger charge is -2.31. The second kappa shape index (κ2) is 8.79. The smallest absolute Gasteiger partial charge is 0.253 e. The Bertz CT molecular complexity index is 780. The molecule has 0 spiro atoms. The highest BCUT2D eigenvalue weighted by molar-refractivity contribution is 5.95. The Kier molecular flexibility index (Phi) is 6.21. The summed E-state index contributed by atoms with van der Waals surface area (Å²) in [5.41, 5.74) is 0.471. The summed E-state index contributed by atoms with van der Waals surface area (Å²) in [4.78, 5) is 26.8. The van der Waals surface area contributed by atoms with Crippen LogP contribution in [0, 0.1) is 11.7 Å². The number of carbonyl (C=O) groups excluding carboxylic acids is 2. The number of hydrogen-bond acceptors (Lipinski definition) is 3. The first-order valence-electron chi connectivity index (χ1n) is 9.46. The average Bonchev–Trinajstić information content (AvgIpc) is 3.13. The van der Waals surface area contributed by atoms with Gasteiger partial charge in [0.15, 0.2) is 0 Å². The number of carbonyl (C=O) groups is 2. The second-order valence-corrected chi connectivity index (χ2v) is 6.86. The third-order valence-electron chi connectivity index (χ3n) is 4.94. The molecule has 0 atom stereocenters. The summed E-state index contributed by atoms with van der Waals surface area (Å²) in [5, 5.41) is 7.22. The van der Waals surface area contributed by atoms with Gasteiger partial charge in [0.2, 0.25) is 5.91 Å². The van der Waals surface area contributed by atoms with E-state index in [4.69, 9.17) is 0 Å². The van der Waals surface area contributed by atoms with Crippen molar-refractivity contribution < 1.29 is 14.0 Å². The van der Waals surface area contributed by atoms with Gasteiger partial charge in [0.25, 0.3) is 5.91 Å². The Labute approximate surface area is 158 Å². The molecule has 1 aromatic carbocycles. The minimum atomic E-state index is -0.361. The van der Waals surface area contributed by atoms with Crippen molar-refractivity contribution in [2.24, 2.45) is 5.92 Å². The molecule has 1 fully saturated rings. The van der Waals surface area contributed by atoms with Crippen molar-refractivity contribution in [1.82, 2.24) is 14.7 Å². The molecule has 0 unspecified atom stereocenters. The summed E-state index contributed by atoms with van der Waals surface area (Å²) in [6.07, 6.45) is 4.99. The van der Waals surface area contributed by atoms with E-state index in [9.17, 15) is 14.0 Å². The van der Waals surface area contributed by atoms with Crippen molar-refractivity contribution in [2.75, 3.05) is 18.4 Å². The zero-order valence-corrected chi connectivity index (χ0v) is 15.5. The number of benzene rings is 1. The maximum Gasteiger partial charge on any atom is 0.253 e. The molecule has 1 aromatic heterocycles. The fraction of sp³-hybridized carbons (Fsp3) is 0.450. The number of piperidine rings is 1. The highest BCUT2D eigenvalue weighted by atomic mass is 19.1. The summed E-state index contributed by atoms with van der Waals surface area (Å²) in [5.74, 6) is 0.0868. The van der Waals surface area contributed by atoms with E-state index < -0.39 is 0 Å². The van der Waals surface area contributed by atoms with Crippen LogP contribution in [0.3, 0.4) is 0 Å². The number of nitrogens with zero attached hydrogens (tertiary/aromatic N) is 3. The molecule has 27 heavy (non-hydrogen) atoms. The lowest BCUT2D eigenvalue weighted by atomic mass is 9.95. The molecule has 2 amide bonds. The number of aryl methyl sites for hydroxylation is 1. The van der Waals surface area contributed by atoms with Gasteiger partial charge in [0.05, 0.1) is 6.20 Å². The van der Waals surface area contributed by atoms with Gasteiger partial charge in [-0.1, -0.05) is 13.3 Å². The SMILES string of the molecule is CCCCn1nccc1NC(=O)C1CCN(C(=O)c2ccc(F)cc2)CC1. The molecule has 1 aliphatic rings. The maximum absolute atomic E-state index is 13.0. The van der Waals surface area contributed by atoms with E-state index >= 15 is 0 Å². The van der Waals surface area contributed by atoms with Crippen LogP contribution in [0.15, 0.2) is 36.5 Å². The van der Waals surface area contributed by atoms with Crippen molar-refractivity contribution in [3.05, 3.63) is 47.9 Å². The van der Waals surface area contributed by atoms with Crippen LogP contribution in [0.5, 0.6) is 0 Å². The minimum absolute atomic E-state index is 0.0258. The van der Waals surface area contributed by atoms with Gasteiger partial charge in [-0.05, 0) is 43.5 Å². The molecular weight excluding hydrogens is 347 g/mol. The summed E-state index contributed by atoms with van der Waals surface area (Å²) in [7, 11) is 0. The first-order chi connectivity index (χ1) is 13.1. The first-order valence-corrected chi connectivity index (χ1v) is 9.46. The molecule has 0 aliphatic carbocycles. The predicted molar refractivity (Wildman–Crippen MR) is 101 cm³/mol. The van der Waals surface area contributed by atoms with Gasteiger partial charge in [-0.15, -0.1) is 0 Å². The van der Waals surface area contributed by atoms with Crippen LogP contribution >= 0.6 is 0 Å². The molecule has 3 rings (SSSR count). The largest absolute Gasteiger partial charge is 0.339 e. The van der Waals surface area contributed by atoms with Gasteiger partial charge in [0.1, 0.15) is 11.6 Å². The maximum atomic E-state index is 13.0. The fourth-order valence-corrected chi connectivity index (χ4v) is 3.27. The number of anilines is 1. The number of hydrogen-bond donors (Lipinski definition) is 1. The zero-order chi connectivity index (χ0) is 19.2. The number of amides is 2. The van der Waals surface area contributed by atoms with Crippen molar-refractivity contribution in [1.29, 1.82) is 0 Å². The van der Waals surface area contributed by atoms with Crippen LogP contribution < -0.4 is 5.32 Å². The summed E-state index contributed by atoms with van der Waals surface area (Å²) < 4.78 is 14.8. The summed E-state index contributed by atoms with van der Waals surface area (Å²) in [6.45, 7) is 3.93. The van der Waals surface area contributed by atoms with Crippen LogP contribution in [0.25, 0.3) is 0 Å². The van der Waals surface area contributed by atoms with Crippen molar-refractivity contribution in [3.63, 3.8) is 0 Å². The Morgan fingerprint density at radius 1 is 1.19 bits per heavy atom. The molecule has 7 heteroatoms. The Morgan fingerprint density at radius 2 is 1.89 bits per heavy atom. The van der Waals surface area contributed by atoms with Gasteiger partial charge in [-0.2, -0.15) is 5.10 Å². The van der Waals surface area contributed by atoms with Crippen LogP contribution in [0.1, 0.15) is 43.0 Å². The molecule has 0 bridgehead atoms. The second-order valence-electron chi connectivity index (χ2n) is 6.86. The Hall–Kier alpha value is -2.70. The molecular formula is C20H25FN4O2. The highest BCUT2D eigenvalue weighted by Gasteiger charge is 2.28. The molecule has 2 aromatic rings. The fourth-order valence-electron chi connectivity index (χ4n) is 3.27. The van der Waals surface area contributed by atoms with Crippen molar-refractivity contribution in [2.45, 2.75) is 39.2 Å². The van der Waals surface area contributed by atoms with E-state index in [0.717, 1.165) is 25.2 Å². The highest BCUT2D eigenvalue weighted by Crippen LogP contribution is 2.21. The van der Waals surface area contributed by atoms with Gasteiger partial charge in [-0.3, -0.25) is 9.59 Å². The van der Waals surface area contributed by atoms with Crippen molar-refractivity contribution in [3.8, 4) is 0 Å². The van der Waals surface area contributed by atoms with E-state index in [1.165, 1.54) is 24.3 Å². The Balaban J connectivity index is 1.53. The number of nitrogens with one attached hydrogen (secondary N) is 1. The predicted octanol–water partition coefficient (Wildman–Crippen LogP) is 3.31. The molecule has 2 heterocycles. The molecule has 1 aliphatic heterocycles. The molecule has 0 radical (unpaired) electrons. The first kappa shape index (κ1) is 19.1. The third kappa shape index (κ3) is 4.72. The minimum Gasteiger partial charge on any atom is -0.339 e. The monoisotopic (exact) mass is 372 g/mol. The van der Waals surface area contributed by atoms with Crippen LogP contribution in [-0.2, 0) is 11.3 Å². The van der Waals surface area contributed by atoms with E-state index in [2.05, 4.69) is 17.3 Å². The van der Waals surface area contributed by atoms with E-state index in [0.29, 0.717) is 31.5 Å². The molecule has 1 saturated heterocycles. The van der Waals surface area contributed by atoms with E-state index in [1.807, 2.05) is 4.68 Å². The van der Waals surface area contributed by atoms with Gasteiger partial charge >= 0.3 is 0 Å². The van der Waals surface area contributed by atoms with E-state index in [-0.39, 0.29) is 23.5 Å². The summed E-state index contributed by atoms with van der Waals surface area (Å²) >= 11 is 0. The number of halogens is 1. The number of aromatic nitrogens is 2. The van der Waals surface area contributed by atoms with Gasteiger partial charge in [0, 0.05) is 37.2 Å². The molecule has 0 saturated carbocycles. The van der Waals surface area contributed by atoms with Gasteiger partial charge < -0.3 is 10.2 Å².